The molecule has 3 nitrogen and oxygen atoms in total. The Bertz CT molecular complexity index is 1050. The van der Waals surface area contributed by atoms with Gasteiger partial charge in [0.2, 0.25) is 0 Å². The molecule has 0 spiro atoms. The number of benzene rings is 3. The molecule has 4 rings (SSSR count). The van der Waals surface area contributed by atoms with Crippen molar-refractivity contribution in [2.45, 2.75) is 6.92 Å². The third kappa shape index (κ3) is 3.82. The third-order valence-electron chi connectivity index (χ3n) is 4.30. The Morgan fingerprint density at radius 2 is 1.44 bits per heavy atom. The van der Waals surface area contributed by atoms with Crippen LogP contribution in [0.2, 0.25) is 0 Å². The molecular formula is C24H19NO2. The van der Waals surface area contributed by atoms with Gasteiger partial charge in [-0.1, -0.05) is 59.8 Å². The quantitative estimate of drug-likeness (QED) is 0.394. The second kappa shape index (κ2) is 7.34. The van der Waals surface area contributed by atoms with E-state index in [0.717, 1.165) is 45.2 Å². The van der Waals surface area contributed by atoms with Gasteiger partial charge in [0.15, 0.2) is 5.76 Å². The van der Waals surface area contributed by atoms with Gasteiger partial charge in [-0.15, -0.1) is 0 Å². The largest absolute Gasteiger partial charge is 0.457 e. The van der Waals surface area contributed by atoms with Gasteiger partial charge in [0.05, 0.1) is 0 Å². The van der Waals surface area contributed by atoms with Gasteiger partial charge < -0.3 is 9.26 Å². The number of hydrogen-bond donors (Lipinski definition) is 0. The lowest BCUT2D eigenvalue weighted by atomic mass is 10.0. The van der Waals surface area contributed by atoms with Gasteiger partial charge in [-0.25, -0.2) is 0 Å². The highest BCUT2D eigenvalue weighted by Gasteiger charge is 2.09. The van der Waals surface area contributed by atoms with E-state index in [0.29, 0.717) is 0 Å². The van der Waals surface area contributed by atoms with Crippen molar-refractivity contribution in [2.75, 3.05) is 0 Å². The van der Waals surface area contributed by atoms with Gasteiger partial charge >= 0.3 is 0 Å². The van der Waals surface area contributed by atoms with Crippen molar-refractivity contribution in [1.82, 2.24) is 5.16 Å². The molecule has 132 valence electrons. The van der Waals surface area contributed by atoms with E-state index in [1.807, 2.05) is 91.9 Å². The molecule has 1 heterocycles. The van der Waals surface area contributed by atoms with E-state index in [1.54, 1.807) is 0 Å². The summed E-state index contributed by atoms with van der Waals surface area (Å²) in [7, 11) is 0. The van der Waals surface area contributed by atoms with E-state index in [4.69, 9.17) is 9.26 Å². The minimum Gasteiger partial charge on any atom is -0.457 e. The van der Waals surface area contributed by atoms with E-state index >= 15 is 0 Å². The Morgan fingerprint density at radius 3 is 2.11 bits per heavy atom. The van der Waals surface area contributed by atoms with Crippen molar-refractivity contribution in [3.05, 3.63) is 97.1 Å². The Kier molecular flexibility index (Phi) is 4.58. The first kappa shape index (κ1) is 16.9. The van der Waals surface area contributed by atoms with E-state index in [9.17, 15) is 0 Å². The lowest BCUT2D eigenvalue weighted by Gasteiger charge is -2.05. The fourth-order valence-corrected chi connectivity index (χ4v) is 2.78. The van der Waals surface area contributed by atoms with Crippen molar-refractivity contribution in [3.63, 3.8) is 0 Å². The van der Waals surface area contributed by atoms with Crippen molar-refractivity contribution >= 4 is 5.57 Å². The van der Waals surface area contributed by atoms with Crippen LogP contribution in [-0.4, -0.2) is 5.16 Å². The Hall–Kier alpha value is -3.59. The van der Waals surface area contributed by atoms with E-state index < -0.39 is 0 Å². The molecule has 0 bridgehead atoms. The fraction of sp³-hybridized carbons (Fsp3) is 0.0417. The van der Waals surface area contributed by atoms with E-state index in [-0.39, 0.29) is 0 Å². The van der Waals surface area contributed by atoms with Crippen LogP contribution in [0, 0.1) is 0 Å². The normalized spacial score (nSPS) is 10.6. The summed E-state index contributed by atoms with van der Waals surface area (Å²) in [6, 6.07) is 27.6. The van der Waals surface area contributed by atoms with Crippen LogP contribution in [0.25, 0.3) is 28.2 Å². The first-order valence-corrected chi connectivity index (χ1v) is 8.75. The molecule has 27 heavy (non-hydrogen) atoms. The second-order valence-corrected chi connectivity index (χ2v) is 6.37. The van der Waals surface area contributed by atoms with Gasteiger partial charge in [0.1, 0.15) is 17.2 Å². The molecule has 0 aliphatic heterocycles. The highest BCUT2D eigenvalue weighted by molar-refractivity contribution is 5.69. The molecule has 0 saturated carbocycles. The summed E-state index contributed by atoms with van der Waals surface area (Å²) in [5, 5.41) is 4.20. The molecule has 0 aliphatic carbocycles. The van der Waals surface area contributed by atoms with Gasteiger partial charge in [0, 0.05) is 17.2 Å². The zero-order valence-corrected chi connectivity index (χ0v) is 15.1. The summed E-state index contributed by atoms with van der Waals surface area (Å²) in [6.07, 6.45) is 0. The zero-order chi connectivity index (χ0) is 18.6. The van der Waals surface area contributed by atoms with Gasteiger partial charge in [0.25, 0.3) is 0 Å². The summed E-state index contributed by atoms with van der Waals surface area (Å²) in [6.45, 7) is 5.96. The summed E-state index contributed by atoms with van der Waals surface area (Å²) >= 11 is 0. The topological polar surface area (TPSA) is 35.3 Å². The first-order valence-electron chi connectivity index (χ1n) is 8.75. The number of ether oxygens (including phenoxy) is 1. The Morgan fingerprint density at radius 1 is 0.815 bits per heavy atom. The van der Waals surface area contributed by atoms with Crippen LogP contribution in [0.1, 0.15) is 12.5 Å². The molecule has 0 unspecified atom stereocenters. The summed E-state index contributed by atoms with van der Waals surface area (Å²) < 4.78 is 11.4. The van der Waals surface area contributed by atoms with Crippen molar-refractivity contribution in [3.8, 4) is 34.1 Å². The predicted molar refractivity (Wildman–Crippen MR) is 109 cm³/mol. The Balaban J connectivity index is 1.52. The van der Waals surface area contributed by atoms with Crippen molar-refractivity contribution in [2.24, 2.45) is 0 Å². The molecule has 0 radical (unpaired) electrons. The van der Waals surface area contributed by atoms with Crippen molar-refractivity contribution in [1.29, 1.82) is 0 Å². The highest BCUT2D eigenvalue weighted by Crippen LogP contribution is 2.29. The molecule has 3 heteroatoms. The zero-order valence-electron chi connectivity index (χ0n) is 15.1. The maximum absolute atomic E-state index is 5.82. The number of nitrogens with zero attached hydrogens (tertiary/aromatic N) is 1. The van der Waals surface area contributed by atoms with Crippen LogP contribution in [-0.2, 0) is 0 Å². The van der Waals surface area contributed by atoms with Crippen LogP contribution >= 0.6 is 0 Å². The molecule has 1 aromatic heterocycles. The maximum atomic E-state index is 5.82. The lowest BCUT2D eigenvalue weighted by Crippen LogP contribution is -1.83. The second-order valence-electron chi connectivity index (χ2n) is 6.37. The standard InChI is InChI=1S/C24H19NO2/c1-17(2)18-8-10-19(11-9-18)23-16-24(27-25-23)20-12-14-22(15-13-20)26-21-6-4-3-5-7-21/h3-16H,1H2,2H3. The smallest absolute Gasteiger partial charge is 0.167 e. The highest BCUT2D eigenvalue weighted by atomic mass is 16.5. The number of allylic oxidation sites excluding steroid dienone is 1. The van der Waals surface area contributed by atoms with Crippen LogP contribution in [0.15, 0.2) is 96.0 Å². The minimum absolute atomic E-state index is 0.722. The number of rotatable bonds is 5. The van der Waals surface area contributed by atoms with E-state index in [2.05, 4.69) is 11.7 Å². The number of para-hydroxylation sites is 1. The van der Waals surface area contributed by atoms with Gasteiger partial charge in [-0.2, -0.15) is 0 Å². The average Bonchev–Trinajstić information content (AvgIpc) is 3.20. The monoisotopic (exact) mass is 353 g/mol. The molecule has 3 aromatic carbocycles. The molecule has 0 N–H and O–H groups in total. The summed E-state index contributed by atoms with van der Waals surface area (Å²) in [5.74, 6) is 2.31. The summed E-state index contributed by atoms with van der Waals surface area (Å²) in [4.78, 5) is 0. The van der Waals surface area contributed by atoms with Gasteiger partial charge in [-0.3, -0.25) is 0 Å². The molecule has 0 aliphatic rings. The molecule has 0 fully saturated rings. The Labute approximate surface area is 158 Å². The third-order valence-corrected chi connectivity index (χ3v) is 4.30. The molecule has 0 amide bonds. The van der Waals surface area contributed by atoms with Gasteiger partial charge in [-0.05, 0) is 48.9 Å². The minimum atomic E-state index is 0.722. The SMILES string of the molecule is C=C(C)c1ccc(-c2cc(-c3ccc(Oc4ccccc4)cc3)on2)cc1. The van der Waals surface area contributed by atoms with Crippen molar-refractivity contribution < 1.29 is 9.26 Å². The van der Waals surface area contributed by atoms with Crippen LogP contribution in [0.4, 0.5) is 0 Å². The van der Waals surface area contributed by atoms with Crippen LogP contribution < -0.4 is 4.74 Å². The molecular weight excluding hydrogens is 334 g/mol. The summed E-state index contributed by atoms with van der Waals surface area (Å²) in [5.41, 5.74) is 4.94. The number of aromatic nitrogens is 1. The molecule has 0 saturated heterocycles. The first-order chi connectivity index (χ1) is 13.2. The lowest BCUT2D eigenvalue weighted by molar-refractivity contribution is 0.435. The van der Waals surface area contributed by atoms with E-state index in [1.165, 1.54) is 0 Å². The average molecular weight is 353 g/mol. The molecule has 0 atom stereocenters. The fourth-order valence-electron chi connectivity index (χ4n) is 2.78. The van der Waals surface area contributed by atoms with Crippen LogP contribution in [0.5, 0.6) is 11.5 Å². The molecule has 4 aromatic rings. The van der Waals surface area contributed by atoms with Crippen LogP contribution in [0.3, 0.4) is 0 Å². The number of hydrogen-bond acceptors (Lipinski definition) is 3. The maximum Gasteiger partial charge on any atom is 0.167 e. The predicted octanol–water partition coefficient (Wildman–Crippen LogP) is 6.83.